The van der Waals surface area contributed by atoms with Crippen LogP contribution in [0.25, 0.3) is 0 Å². The molecule has 1 fully saturated rings. The van der Waals surface area contributed by atoms with E-state index in [4.69, 9.17) is 4.74 Å². The Balaban J connectivity index is 1.89. The van der Waals surface area contributed by atoms with Gasteiger partial charge >= 0.3 is 0 Å². The highest BCUT2D eigenvalue weighted by Crippen LogP contribution is 2.36. The molecule has 2 N–H and O–H groups in total. The van der Waals surface area contributed by atoms with Gasteiger partial charge in [-0.15, -0.1) is 0 Å². The number of piperazine rings is 1. The molecule has 86 valence electrons. The van der Waals surface area contributed by atoms with E-state index in [0.29, 0.717) is 0 Å². The average Bonchev–Trinajstić information content (AvgIpc) is 2.66. The summed E-state index contributed by atoms with van der Waals surface area (Å²) in [7, 11) is 0. The molecule has 3 rings (SSSR count). The fraction of sp³-hybridized carbons (Fsp3) is 0.455. The Morgan fingerprint density at radius 2 is 2.00 bits per heavy atom. The molecule has 0 aliphatic carbocycles. The molecule has 5 heteroatoms. The summed E-state index contributed by atoms with van der Waals surface area (Å²) in [4.78, 5) is 0. The lowest BCUT2D eigenvalue weighted by Crippen LogP contribution is -2.55. The molecule has 0 amide bonds. The summed E-state index contributed by atoms with van der Waals surface area (Å²) in [6.07, 6.45) is -0.893. The van der Waals surface area contributed by atoms with Gasteiger partial charge in [0.1, 0.15) is 11.4 Å². The number of benzene rings is 1. The van der Waals surface area contributed by atoms with Crippen LogP contribution >= 0.6 is 0 Å². The average molecular weight is 221 g/mol. The van der Waals surface area contributed by atoms with Crippen molar-refractivity contribution < 1.29 is 9.84 Å². The maximum Gasteiger partial charge on any atom is 0.295 e. The number of aliphatic hydroxyl groups is 1. The van der Waals surface area contributed by atoms with Crippen molar-refractivity contribution in [3.63, 3.8) is 0 Å². The van der Waals surface area contributed by atoms with Crippen LogP contribution in [0.1, 0.15) is 0 Å². The number of para-hydroxylation sites is 2. The zero-order chi connectivity index (χ0) is 11.0. The normalized spacial score (nSPS) is 25.3. The Morgan fingerprint density at radius 3 is 2.81 bits per heavy atom. The van der Waals surface area contributed by atoms with Crippen molar-refractivity contribution in [2.24, 2.45) is 0 Å². The first kappa shape index (κ1) is 9.89. The van der Waals surface area contributed by atoms with Crippen LogP contribution in [0.3, 0.4) is 0 Å². The fourth-order valence-corrected chi connectivity index (χ4v) is 2.19. The zero-order valence-corrected chi connectivity index (χ0v) is 8.97. The Labute approximate surface area is 94.2 Å². The van der Waals surface area contributed by atoms with Crippen molar-refractivity contribution in [3.05, 3.63) is 24.3 Å². The standard InChI is InChI=1S/C11H15N3O2/c15-11-14(13-7-5-12-6-8-13)9-3-1-2-4-10(9)16-11/h1-4,11-12,15H,5-8H2. The molecule has 2 aliphatic heterocycles. The van der Waals surface area contributed by atoms with Gasteiger partial charge in [0.2, 0.25) is 0 Å². The Morgan fingerprint density at radius 1 is 1.25 bits per heavy atom. The summed E-state index contributed by atoms with van der Waals surface area (Å²) in [6.45, 7) is 3.64. The molecule has 1 atom stereocenters. The van der Waals surface area contributed by atoms with Crippen LogP contribution in [-0.2, 0) is 0 Å². The van der Waals surface area contributed by atoms with Crippen molar-refractivity contribution >= 4 is 5.69 Å². The maximum absolute atomic E-state index is 9.90. The molecule has 2 aliphatic rings. The van der Waals surface area contributed by atoms with Crippen molar-refractivity contribution in [3.8, 4) is 5.75 Å². The number of nitrogens with one attached hydrogen (secondary N) is 1. The van der Waals surface area contributed by atoms with E-state index in [1.54, 1.807) is 0 Å². The first-order chi connectivity index (χ1) is 7.86. The first-order valence-electron chi connectivity index (χ1n) is 5.55. The van der Waals surface area contributed by atoms with Crippen LogP contribution < -0.4 is 15.1 Å². The van der Waals surface area contributed by atoms with Crippen molar-refractivity contribution in [2.45, 2.75) is 6.41 Å². The topological polar surface area (TPSA) is 48.0 Å². The first-order valence-corrected chi connectivity index (χ1v) is 5.55. The molecule has 1 aromatic rings. The van der Waals surface area contributed by atoms with Crippen LogP contribution in [-0.4, -0.2) is 42.7 Å². The van der Waals surface area contributed by atoms with E-state index in [2.05, 4.69) is 10.3 Å². The number of nitrogens with zero attached hydrogens (tertiary/aromatic N) is 2. The second-order valence-electron chi connectivity index (χ2n) is 3.96. The number of fused-ring (bicyclic) bond motifs is 1. The highest BCUT2D eigenvalue weighted by Gasteiger charge is 2.33. The lowest BCUT2D eigenvalue weighted by molar-refractivity contribution is -0.0406. The summed E-state index contributed by atoms with van der Waals surface area (Å²) in [6, 6.07) is 7.70. The van der Waals surface area contributed by atoms with E-state index >= 15 is 0 Å². The fourth-order valence-electron chi connectivity index (χ4n) is 2.19. The largest absolute Gasteiger partial charge is 0.443 e. The van der Waals surface area contributed by atoms with Crippen molar-refractivity contribution in [2.75, 3.05) is 31.2 Å². The molecule has 0 spiro atoms. The number of hydrazine groups is 1. The van der Waals surface area contributed by atoms with Crippen molar-refractivity contribution in [1.82, 2.24) is 10.3 Å². The van der Waals surface area contributed by atoms with Crippen LogP contribution in [0.5, 0.6) is 5.75 Å². The predicted octanol–water partition coefficient (Wildman–Crippen LogP) is -0.0185. The van der Waals surface area contributed by atoms with Gasteiger partial charge in [-0.25, -0.2) is 10.0 Å². The van der Waals surface area contributed by atoms with Gasteiger partial charge in [-0.3, -0.25) is 0 Å². The van der Waals surface area contributed by atoms with Gasteiger partial charge in [-0.1, -0.05) is 12.1 Å². The Kier molecular flexibility index (Phi) is 2.43. The molecule has 1 aromatic carbocycles. The number of anilines is 1. The van der Waals surface area contributed by atoms with E-state index in [1.165, 1.54) is 0 Å². The molecule has 0 saturated carbocycles. The number of hydrogen-bond donors (Lipinski definition) is 2. The molecule has 1 saturated heterocycles. The predicted molar refractivity (Wildman–Crippen MR) is 60.0 cm³/mol. The monoisotopic (exact) mass is 221 g/mol. The van der Waals surface area contributed by atoms with Gasteiger partial charge in [0.15, 0.2) is 0 Å². The highest BCUT2D eigenvalue weighted by atomic mass is 16.6. The summed E-state index contributed by atoms with van der Waals surface area (Å²) >= 11 is 0. The smallest absolute Gasteiger partial charge is 0.295 e. The molecule has 16 heavy (non-hydrogen) atoms. The minimum Gasteiger partial charge on any atom is -0.443 e. The second-order valence-corrected chi connectivity index (χ2v) is 3.96. The summed E-state index contributed by atoms with van der Waals surface area (Å²) in [5, 5.41) is 17.1. The van der Waals surface area contributed by atoms with Crippen LogP contribution in [0.15, 0.2) is 24.3 Å². The van der Waals surface area contributed by atoms with Gasteiger partial charge in [0, 0.05) is 26.2 Å². The Hall–Kier alpha value is -1.30. The minimum atomic E-state index is -0.893. The van der Waals surface area contributed by atoms with E-state index in [9.17, 15) is 5.11 Å². The van der Waals surface area contributed by atoms with E-state index in [-0.39, 0.29) is 0 Å². The molecule has 2 heterocycles. The Bertz CT molecular complexity index is 379. The van der Waals surface area contributed by atoms with E-state index in [0.717, 1.165) is 37.6 Å². The quantitative estimate of drug-likeness (QED) is 0.698. The molecule has 1 unspecified atom stereocenters. The van der Waals surface area contributed by atoms with E-state index < -0.39 is 6.41 Å². The second kappa shape index (κ2) is 3.93. The third kappa shape index (κ3) is 1.53. The summed E-state index contributed by atoms with van der Waals surface area (Å²) < 4.78 is 5.39. The number of ether oxygens (including phenoxy) is 1. The third-order valence-electron chi connectivity index (χ3n) is 2.95. The SMILES string of the molecule is OC1Oc2ccccc2N1N1CCNCC1. The van der Waals surface area contributed by atoms with Gasteiger partial charge < -0.3 is 15.2 Å². The maximum atomic E-state index is 9.90. The molecular formula is C11H15N3O2. The van der Waals surface area contributed by atoms with Crippen LogP contribution in [0.4, 0.5) is 5.69 Å². The lowest BCUT2D eigenvalue weighted by atomic mass is 10.3. The number of hydrogen-bond acceptors (Lipinski definition) is 5. The molecule has 0 bridgehead atoms. The number of aliphatic hydroxyl groups excluding tert-OH is 1. The summed E-state index contributed by atoms with van der Waals surface area (Å²) in [5.74, 6) is 0.744. The van der Waals surface area contributed by atoms with Gasteiger partial charge in [-0.2, -0.15) is 0 Å². The highest BCUT2D eigenvalue weighted by molar-refractivity contribution is 5.60. The van der Waals surface area contributed by atoms with E-state index in [1.807, 2.05) is 29.3 Å². The van der Waals surface area contributed by atoms with Crippen LogP contribution in [0, 0.1) is 0 Å². The lowest BCUT2D eigenvalue weighted by Gasteiger charge is -2.36. The van der Waals surface area contributed by atoms with Gasteiger partial charge in [0.25, 0.3) is 6.41 Å². The molecule has 5 nitrogen and oxygen atoms in total. The van der Waals surface area contributed by atoms with Gasteiger partial charge in [0.05, 0.1) is 0 Å². The molecule has 0 radical (unpaired) electrons. The third-order valence-corrected chi connectivity index (χ3v) is 2.95. The van der Waals surface area contributed by atoms with Crippen molar-refractivity contribution in [1.29, 1.82) is 0 Å². The number of rotatable bonds is 1. The molecular weight excluding hydrogens is 206 g/mol. The van der Waals surface area contributed by atoms with Gasteiger partial charge in [-0.05, 0) is 12.1 Å². The minimum absolute atomic E-state index is 0.744. The zero-order valence-electron chi connectivity index (χ0n) is 8.97. The molecule has 0 aromatic heterocycles. The summed E-state index contributed by atoms with van der Waals surface area (Å²) in [5.41, 5.74) is 0.942. The van der Waals surface area contributed by atoms with Crippen LogP contribution in [0.2, 0.25) is 0 Å².